The van der Waals surface area contributed by atoms with E-state index in [0.717, 1.165) is 31.4 Å². The van der Waals surface area contributed by atoms with E-state index >= 15 is 0 Å². The molecule has 0 atom stereocenters. The number of halogens is 3. The molecule has 2 N–H and O–H groups in total. The maximum atomic E-state index is 13.2. The second-order valence-electron chi connectivity index (χ2n) is 6.16. The summed E-state index contributed by atoms with van der Waals surface area (Å²) < 4.78 is 39.5. The Kier molecular flexibility index (Phi) is 5.97. The molecule has 132 valence electrons. The molecular formula is C19H23F3O2. The third-order valence-electron chi connectivity index (χ3n) is 4.24. The highest BCUT2D eigenvalue weighted by molar-refractivity contribution is 5.98. The van der Waals surface area contributed by atoms with Crippen molar-refractivity contribution in [2.75, 3.05) is 0 Å². The maximum Gasteiger partial charge on any atom is 0.417 e. The molecule has 1 aliphatic carbocycles. The molecule has 0 amide bonds. The lowest BCUT2D eigenvalue weighted by Gasteiger charge is -2.10. The van der Waals surface area contributed by atoms with Gasteiger partial charge in [0, 0.05) is 0 Å². The predicted molar refractivity (Wildman–Crippen MR) is 89.8 cm³/mol. The van der Waals surface area contributed by atoms with Crippen molar-refractivity contribution in [3.8, 4) is 11.5 Å². The number of fused-ring (bicyclic) bond motifs is 1. The minimum Gasteiger partial charge on any atom is -0.504 e. The Morgan fingerprint density at radius 2 is 1.50 bits per heavy atom. The fourth-order valence-electron chi connectivity index (χ4n) is 2.94. The van der Waals surface area contributed by atoms with E-state index in [2.05, 4.69) is 6.92 Å². The summed E-state index contributed by atoms with van der Waals surface area (Å²) in [6.45, 7) is 2.15. The molecular weight excluding hydrogens is 317 g/mol. The van der Waals surface area contributed by atoms with Gasteiger partial charge in [0.05, 0.1) is 5.57 Å². The molecule has 0 aromatic heterocycles. The van der Waals surface area contributed by atoms with Gasteiger partial charge in [-0.2, -0.15) is 13.2 Å². The van der Waals surface area contributed by atoms with Crippen LogP contribution in [0.3, 0.4) is 0 Å². The number of benzene rings is 1. The van der Waals surface area contributed by atoms with Gasteiger partial charge in [-0.15, -0.1) is 0 Å². The van der Waals surface area contributed by atoms with Gasteiger partial charge in [0.15, 0.2) is 11.5 Å². The lowest BCUT2D eigenvalue weighted by molar-refractivity contribution is -0.0687. The molecule has 24 heavy (non-hydrogen) atoms. The van der Waals surface area contributed by atoms with E-state index in [1.54, 1.807) is 6.08 Å². The van der Waals surface area contributed by atoms with Crippen molar-refractivity contribution < 1.29 is 23.4 Å². The fourth-order valence-corrected chi connectivity index (χ4v) is 2.94. The van der Waals surface area contributed by atoms with Crippen molar-refractivity contribution >= 4 is 11.1 Å². The lowest BCUT2D eigenvalue weighted by Crippen LogP contribution is -2.09. The summed E-state index contributed by atoms with van der Waals surface area (Å²) in [4.78, 5) is 0. The molecule has 0 heterocycles. The summed E-state index contributed by atoms with van der Waals surface area (Å²) in [5.74, 6) is -0.947. The van der Waals surface area contributed by atoms with Gasteiger partial charge in [0.1, 0.15) is 0 Å². The molecule has 2 rings (SSSR count). The standard InChI is InChI=1S/C19H23F3O2/c1-2-3-4-5-6-7-8-9-13-10-16(19(20,21)22)15-12-18(24)17(23)11-14(13)15/h9-12,23-24H,2-8H2,1H3/b13-9-. The quantitative estimate of drug-likeness (QED) is 0.459. The highest BCUT2D eigenvalue weighted by Crippen LogP contribution is 2.47. The van der Waals surface area contributed by atoms with Gasteiger partial charge in [0.2, 0.25) is 0 Å². The van der Waals surface area contributed by atoms with E-state index in [1.807, 2.05) is 0 Å². The molecule has 5 heteroatoms. The first kappa shape index (κ1) is 18.4. The number of alkyl halides is 3. The van der Waals surface area contributed by atoms with Crippen molar-refractivity contribution in [3.63, 3.8) is 0 Å². The third-order valence-corrected chi connectivity index (χ3v) is 4.24. The van der Waals surface area contributed by atoms with E-state index in [9.17, 15) is 23.4 Å². The van der Waals surface area contributed by atoms with Crippen LogP contribution in [-0.4, -0.2) is 16.4 Å². The number of hydrogen-bond donors (Lipinski definition) is 2. The zero-order valence-corrected chi connectivity index (χ0v) is 13.8. The van der Waals surface area contributed by atoms with Crippen LogP contribution in [0.5, 0.6) is 11.5 Å². The van der Waals surface area contributed by atoms with E-state index in [4.69, 9.17) is 0 Å². The number of phenols is 2. The topological polar surface area (TPSA) is 40.5 Å². The Morgan fingerprint density at radius 3 is 2.12 bits per heavy atom. The number of unbranched alkanes of at least 4 members (excludes halogenated alkanes) is 6. The Balaban J connectivity index is 2.12. The molecule has 0 aliphatic heterocycles. The van der Waals surface area contributed by atoms with Gasteiger partial charge >= 0.3 is 6.18 Å². The first-order chi connectivity index (χ1) is 11.3. The van der Waals surface area contributed by atoms with Crippen molar-refractivity contribution in [3.05, 3.63) is 35.4 Å². The highest BCUT2D eigenvalue weighted by Gasteiger charge is 2.39. The minimum atomic E-state index is -4.49. The summed E-state index contributed by atoms with van der Waals surface area (Å²) in [6.07, 6.45) is 5.83. The first-order valence-electron chi connectivity index (χ1n) is 8.40. The fraction of sp³-hybridized carbons (Fsp3) is 0.474. The Labute approximate surface area is 140 Å². The number of allylic oxidation sites excluding steroid dienone is 4. The van der Waals surface area contributed by atoms with Gasteiger partial charge in [-0.1, -0.05) is 45.1 Å². The molecule has 1 aromatic carbocycles. The molecule has 0 unspecified atom stereocenters. The summed E-state index contributed by atoms with van der Waals surface area (Å²) >= 11 is 0. The predicted octanol–water partition coefficient (Wildman–Crippen LogP) is 6.19. The molecule has 0 fully saturated rings. The van der Waals surface area contributed by atoms with Gasteiger partial charge in [0.25, 0.3) is 0 Å². The van der Waals surface area contributed by atoms with Crippen LogP contribution in [0, 0.1) is 0 Å². The van der Waals surface area contributed by atoms with E-state index in [0.29, 0.717) is 17.6 Å². The lowest BCUT2D eigenvalue weighted by atomic mass is 10.0. The monoisotopic (exact) mass is 340 g/mol. The van der Waals surface area contributed by atoms with Gasteiger partial charge in [-0.3, -0.25) is 0 Å². The van der Waals surface area contributed by atoms with Crippen LogP contribution in [0.25, 0.3) is 11.1 Å². The number of rotatable bonds is 7. The largest absolute Gasteiger partial charge is 0.504 e. The van der Waals surface area contributed by atoms with E-state index < -0.39 is 23.2 Å². The van der Waals surface area contributed by atoms with Crippen molar-refractivity contribution in [1.29, 1.82) is 0 Å². The van der Waals surface area contributed by atoms with Crippen LogP contribution >= 0.6 is 0 Å². The van der Waals surface area contributed by atoms with Gasteiger partial charge in [-0.05, 0) is 47.8 Å². The molecule has 0 bridgehead atoms. The molecule has 2 nitrogen and oxygen atoms in total. The second-order valence-corrected chi connectivity index (χ2v) is 6.16. The third kappa shape index (κ3) is 4.34. The summed E-state index contributed by atoms with van der Waals surface area (Å²) in [5.41, 5.74) is -0.0706. The Bertz CT molecular complexity index is 643. The SMILES string of the molecule is CCCCCCCC/C=C1/C=C(C(F)(F)F)c2cc(O)c(O)cc21. The van der Waals surface area contributed by atoms with Crippen LogP contribution in [0.15, 0.2) is 24.3 Å². The minimum absolute atomic E-state index is 0.0769. The van der Waals surface area contributed by atoms with Crippen LogP contribution < -0.4 is 0 Å². The van der Waals surface area contributed by atoms with Crippen molar-refractivity contribution in [2.45, 2.75) is 58.0 Å². The zero-order chi connectivity index (χ0) is 17.7. The van der Waals surface area contributed by atoms with Crippen LogP contribution in [0.2, 0.25) is 0 Å². The van der Waals surface area contributed by atoms with Crippen molar-refractivity contribution in [2.24, 2.45) is 0 Å². The molecule has 0 saturated carbocycles. The van der Waals surface area contributed by atoms with Crippen LogP contribution in [0.4, 0.5) is 13.2 Å². The molecule has 1 aliphatic rings. The van der Waals surface area contributed by atoms with E-state index in [1.165, 1.54) is 25.3 Å². The average Bonchev–Trinajstić information content (AvgIpc) is 2.85. The second kappa shape index (κ2) is 7.77. The summed E-state index contributed by atoms with van der Waals surface area (Å²) in [5, 5.41) is 19.1. The smallest absolute Gasteiger partial charge is 0.417 e. The zero-order valence-electron chi connectivity index (χ0n) is 13.8. The molecule has 0 saturated heterocycles. The molecule has 0 spiro atoms. The van der Waals surface area contributed by atoms with Crippen LogP contribution in [0.1, 0.15) is 63.0 Å². The van der Waals surface area contributed by atoms with Crippen molar-refractivity contribution in [1.82, 2.24) is 0 Å². The Morgan fingerprint density at radius 1 is 0.917 bits per heavy atom. The number of phenolic OH excluding ortho intramolecular Hbond substituents is 2. The van der Waals surface area contributed by atoms with E-state index in [-0.39, 0.29) is 5.56 Å². The molecule has 1 aromatic rings. The normalized spacial score (nSPS) is 15.7. The van der Waals surface area contributed by atoms with Gasteiger partial charge < -0.3 is 10.2 Å². The Hall–Kier alpha value is -1.91. The number of aromatic hydroxyl groups is 2. The van der Waals surface area contributed by atoms with Crippen LogP contribution in [-0.2, 0) is 0 Å². The molecule has 0 radical (unpaired) electrons. The summed E-state index contributed by atoms with van der Waals surface area (Å²) in [7, 11) is 0. The first-order valence-corrected chi connectivity index (χ1v) is 8.40. The maximum absolute atomic E-state index is 13.2. The van der Waals surface area contributed by atoms with Gasteiger partial charge in [-0.25, -0.2) is 0 Å². The summed E-state index contributed by atoms with van der Waals surface area (Å²) in [6, 6.07) is 2.18. The average molecular weight is 340 g/mol. The number of hydrogen-bond acceptors (Lipinski definition) is 2. The highest BCUT2D eigenvalue weighted by atomic mass is 19.4.